The number of rotatable bonds is 4. The number of aromatic nitrogens is 1. The molecule has 0 spiro atoms. The van der Waals surface area contributed by atoms with Crippen LogP contribution in [0.25, 0.3) is 0 Å². The third-order valence-electron chi connectivity index (χ3n) is 2.92. The Labute approximate surface area is 109 Å². The van der Waals surface area contributed by atoms with E-state index in [1.807, 2.05) is 0 Å². The number of nitrogens with zero attached hydrogens (tertiary/aromatic N) is 2. The number of likely N-dealkylation sites (tertiary alicyclic amines) is 1. The van der Waals surface area contributed by atoms with Crippen LogP contribution in [-0.2, 0) is 4.74 Å². The molecule has 1 aromatic rings. The lowest BCUT2D eigenvalue weighted by Crippen LogP contribution is -2.41. The molecular weight excluding hydrogens is 254 g/mol. The van der Waals surface area contributed by atoms with Crippen molar-refractivity contribution in [2.75, 3.05) is 32.0 Å². The summed E-state index contributed by atoms with van der Waals surface area (Å²) in [7, 11) is 0. The van der Waals surface area contributed by atoms with Gasteiger partial charge in [-0.15, -0.1) is 11.3 Å². The monoisotopic (exact) mass is 271 g/mol. The molecular formula is C11H17N3O3S. The maximum atomic E-state index is 12.1. The highest BCUT2D eigenvalue weighted by Crippen LogP contribution is 2.18. The number of thiazole rings is 1. The molecule has 0 saturated carbocycles. The van der Waals surface area contributed by atoms with Gasteiger partial charge in [-0.1, -0.05) is 0 Å². The molecule has 100 valence electrons. The number of nitrogens with two attached hydrogens (primary N) is 1. The third-order valence-corrected chi connectivity index (χ3v) is 3.59. The topological polar surface area (TPSA) is 88.7 Å². The summed E-state index contributed by atoms with van der Waals surface area (Å²) in [4.78, 5) is 17.8. The Balaban J connectivity index is 1.84. The number of aliphatic hydroxyl groups is 1. The second-order valence-electron chi connectivity index (χ2n) is 4.16. The Morgan fingerprint density at radius 2 is 2.33 bits per heavy atom. The number of carbonyl (C=O) groups excluding carboxylic acids is 1. The molecule has 1 saturated heterocycles. The van der Waals surface area contributed by atoms with E-state index in [4.69, 9.17) is 15.6 Å². The summed E-state index contributed by atoms with van der Waals surface area (Å²) in [5.41, 5.74) is 5.94. The lowest BCUT2D eigenvalue weighted by Gasteiger charge is -2.31. The number of aliphatic hydroxyl groups excluding tert-OH is 1. The van der Waals surface area contributed by atoms with Crippen molar-refractivity contribution in [3.8, 4) is 0 Å². The van der Waals surface area contributed by atoms with Crippen LogP contribution in [0.15, 0.2) is 5.38 Å². The molecule has 2 heterocycles. The molecule has 0 aliphatic carbocycles. The fourth-order valence-corrected chi connectivity index (χ4v) is 2.53. The van der Waals surface area contributed by atoms with Gasteiger partial charge in [-0.3, -0.25) is 4.79 Å². The van der Waals surface area contributed by atoms with Crippen molar-refractivity contribution in [1.29, 1.82) is 0 Å². The molecule has 2 rings (SSSR count). The number of carbonyl (C=O) groups is 1. The Hall–Kier alpha value is -1.18. The fourth-order valence-electron chi connectivity index (χ4n) is 1.99. The van der Waals surface area contributed by atoms with Crippen LogP contribution in [-0.4, -0.2) is 53.3 Å². The zero-order valence-corrected chi connectivity index (χ0v) is 10.9. The van der Waals surface area contributed by atoms with Crippen LogP contribution < -0.4 is 5.73 Å². The van der Waals surface area contributed by atoms with Crippen molar-refractivity contribution in [1.82, 2.24) is 9.88 Å². The van der Waals surface area contributed by atoms with Gasteiger partial charge in [0.25, 0.3) is 5.91 Å². The molecule has 0 bridgehead atoms. The van der Waals surface area contributed by atoms with E-state index in [1.165, 1.54) is 11.3 Å². The predicted molar refractivity (Wildman–Crippen MR) is 68.5 cm³/mol. The summed E-state index contributed by atoms with van der Waals surface area (Å²) in [6.07, 6.45) is 1.73. The minimum absolute atomic E-state index is 0.0389. The summed E-state index contributed by atoms with van der Waals surface area (Å²) in [6, 6.07) is 0. The van der Waals surface area contributed by atoms with E-state index >= 15 is 0 Å². The van der Waals surface area contributed by atoms with Gasteiger partial charge < -0.3 is 20.5 Å². The first-order valence-corrected chi connectivity index (χ1v) is 6.81. The summed E-state index contributed by atoms with van der Waals surface area (Å²) in [6.45, 7) is 1.72. The number of ether oxygens (including phenoxy) is 1. The maximum absolute atomic E-state index is 12.1. The van der Waals surface area contributed by atoms with Crippen molar-refractivity contribution in [3.63, 3.8) is 0 Å². The molecule has 1 aliphatic rings. The van der Waals surface area contributed by atoms with Gasteiger partial charge in [0.05, 0.1) is 19.3 Å². The molecule has 3 N–H and O–H groups in total. The first kappa shape index (κ1) is 13.3. The normalized spacial score (nSPS) is 17.1. The summed E-state index contributed by atoms with van der Waals surface area (Å²) >= 11 is 1.28. The van der Waals surface area contributed by atoms with Gasteiger partial charge >= 0.3 is 0 Å². The molecule has 7 heteroatoms. The van der Waals surface area contributed by atoms with Crippen LogP contribution >= 0.6 is 11.3 Å². The van der Waals surface area contributed by atoms with Crippen molar-refractivity contribution in [2.45, 2.75) is 18.9 Å². The predicted octanol–water partition coefficient (Wildman–Crippen LogP) is 0.339. The Morgan fingerprint density at radius 3 is 2.89 bits per heavy atom. The van der Waals surface area contributed by atoms with Gasteiger partial charge in [-0.05, 0) is 12.8 Å². The van der Waals surface area contributed by atoms with E-state index in [0.29, 0.717) is 30.5 Å². The van der Waals surface area contributed by atoms with Crippen LogP contribution in [0, 0.1) is 0 Å². The van der Waals surface area contributed by atoms with Gasteiger partial charge in [-0.2, -0.15) is 0 Å². The van der Waals surface area contributed by atoms with Crippen LogP contribution in [0.2, 0.25) is 0 Å². The van der Waals surface area contributed by atoms with E-state index in [0.717, 1.165) is 12.8 Å². The maximum Gasteiger partial charge on any atom is 0.273 e. The molecule has 0 radical (unpaired) electrons. The zero-order valence-electron chi connectivity index (χ0n) is 10.0. The van der Waals surface area contributed by atoms with E-state index in [1.54, 1.807) is 10.3 Å². The number of amides is 1. The largest absolute Gasteiger partial charge is 0.394 e. The number of hydrogen-bond acceptors (Lipinski definition) is 6. The van der Waals surface area contributed by atoms with Gasteiger partial charge in [0.2, 0.25) is 0 Å². The van der Waals surface area contributed by atoms with Crippen LogP contribution in [0.5, 0.6) is 0 Å². The highest BCUT2D eigenvalue weighted by molar-refractivity contribution is 7.13. The second kappa shape index (κ2) is 6.12. The summed E-state index contributed by atoms with van der Waals surface area (Å²) < 4.78 is 5.45. The molecule has 18 heavy (non-hydrogen) atoms. The minimum Gasteiger partial charge on any atom is -0.394 e. The molecule has 0 aromatic carbocycles. The third kappa shape index (κ3) is 3.18. The van der Waals surface area contributed by atoms with Crippen LogP contribution in [0.1, 0.15) is 23.3 Å². The van der Waals surface area contributed by atoms with Crippen molar-refractivity contribution < 1.29 is 14.6 Å². The van der Waals surface area contributed by atoms with Crippen molar-refractivity contribution in [2.24, 2.45) is 0 Å². The smallest absolute Gasteiger partial charge is 0.273 e. The number of piperidine rings is 1. The van der Waals surface area contributed by atoms with Gasteiger partial charge in [0.15, 0.2) is 5.13 Å². The molecule has 1 aromatic heterocycles. The van der Waals surface area contributed by atoms with Gasteiger partial charge in [0, 0.05) is 18.5 Å². The minimum atomic E-state index is -0.0661. The Morgan fingerprint density at radius 1 is 1.61 bits per heavy atom. The lowest BCUT2D eigenvalue weighted by atomic mass is 10.1. The standard InChI is InChI=1S/C11H17N3O3S/c12-11-13-9(7-18-11)10(16)14-3-1-8(2-4-14)17-6-5-15/h7-8,15H,1-6H2,(H2,12,13). The Bertz CT molecular complexity index is 402. The van der Waals surface area contributed by atoms with E-state index < -0.39 is 0 Å². The van der Waals surface area contributed by atoms with E-state index in [2.05, 4.69) is 4.98 Å². The molecule has 0 atom stereocenters. The number of hydrogen-bond donors (Lipinski definition) is 2. The summed E-state index contributed by atoms with van der Waals surface area (Å²) in [5.74, 6) is -0.0661. The van der Waals surface area contributed by atoms with E-state index in [9.17, 15) is 4.79 Å². The van der Waals surface area contributed by atoms with Gasteiger partial charge in [0.1, 0.15) is 5.69 Å². The fraction of sp³-hybridized carbons (Fsp3) is 0.636. The number of nitrogen functional groups attached to an aromatic ring is 1. The highest BCUT2D eigenvalue weighted by Gasteiger charge is 2.25. The highest BCUT2D eigenvalue weighted by atomic mass is 32.1. The van der Waals surface area contributed by atoms with Crippen molar-refractivity contribution in [3.05, 3.63) is 11.1 Å². The molecule has 1 fully saturated rings. The summed E-state index contributed by atoms with van der Waals surface area (Å²) in [5, 5.41) is 10.8. The quantitative estimate of drug-likeness (QED) is 0.824. The van der Waals surface area contributed by atoms with Crippen LogP contribution in [0.4, 0.5) is 5.13 Å². The molecule has 6 nitrogen and oxygen atoms in total. The SMILES string of the molecule is Nc1nc(C(=O)N2CCC(OCCO)CC2)cs1. The van der Waals surface area contributed by atoms with Gasteiger partial charge in [-0.25, -0.2) is 4.98 Å². The number of anilines is 1. The molecule has 1 aliphatic heterocycles. The molecule has 1 amide bonds. The lowest BCUT2D eigenvalue weighted by molar-refractivity contribution is -0.00563. The zero-order chi connectivity index (χ0) is 13.0. The molecule has 0 unspecified atom stereocenters. The average Bonchev–Trinajstić information content (AvgIpc) is 2.83. The Kier molecular flexibility index (Phi) is 4.51. The first-order chi connectivity index (χ1) is 8.70. The van der Waals surface area contributed by atoms with Crippen LogP contribution in [0.3, 0.4) is 0 Å². The van der Waals surface area contributed by atoms with Crippen molar-refractivity contribution >= 4 is 22.4 Å². The average molecular weight is 271 g/mol. The first-order valence-electron chi connectivity index (χ1n) is 5.93. The second-order valence-corrected chi connectivity index (χ2v) is 5.05. The van der Waals surface area contributed by atoms with E-state index in [-0.39, 0.29) is 18.6 Å².